The Kier molecular flexibility index (Phi) is 4.38. The molecule has 0 aliphatic heterocycles. The molecule has 0 radical (unpaired) electrons. The zero-order valence-electron chi connectivity index (χ0n) is 12.3. The molecule has 1 atom stereocenters. The molecule has 1 aromatic carbocycles. The molecule has 0 spiro atoms. The number of hydrogen-bond donors (Lipinski definition) is 1. The molecule has 1 aromatic heterocycles. The van der Waals surface area contributed by atoms with E-state index in [9.17, 15) is 0 Å². The third-order valence-electron chi connectivity index (χ3n) is 3.53. The summed E-state index contributed by atoms with van der Waals surface area (Å²) in [6.45, 7) is 7.32. The van der Waals surface area contributed by atoms with Crippen LogP contribution in [0.4, 0.5) is 0 Å². The second-order valence-electron chi connectivity index (χ2n) is 5.08. The molecule has 3 nitrogen and oxygen atoms in total. The third-order valence-corrected chi connectivity index (χ3v) is 3.53. The van der Waals surface area contributed by atoms with Crippen molar-refractivity contribution in [2.75, 3.05) is 6.54 Å². The largest absolute Gasteiger partial charge is 0.309 e. The lowest BCUT2D eigenvalue weighted by Gasteiger charge is -2.19. The minimum Gasteiger partial charge on any atom is -0.309 e. The van der Waals surface area contributed by atoms with Crippen LogP contribution in [0, 0.1) is 13.8 Å². The molecule has 1 N–H and O–H groups in total. The van der Waals surface area contributed by atoms with Gasteiger partial charge in [-0.1, -0.05) is 31.2 Å². The van der Waals surface area contributed by atoms with E-state index in [4.69, 9.17) is 0 Å². The second kappa shape index (κ2) is 6.02. The van der Waals surface area contributed by atoms with Gasteiger partial charge < -0.3 is 5.32 Å². The number of hydrogen-bond acceptors (Lipinski definition) is 2. The predicted octanol–water partition coefficient (Wildman–Crippen LogP) is 2.93. The molecule has 2 aromatic rings. The van der Waals surface area contributed by atoms with Gasteiger partial charge in [-0.25, -0.2) is 0 Å². The quantitative estimate of drug-likeness (QED) is 0.892. The molecule has 3 heteroatoms. The lowest BCUT2D eigenvalue weighted by Crippen LogP contribution is -2.25. The summed E-state index contributed by atoms with van der Waals surface area (Å²) in [6, 6.07) is 11.1. The van der Waals surface area contributed by atoms with Crippen LogP contribution in [-0.2, 0) is 13.5 Å². The van der Waals surface area contributed by atoms with Gasteiger partial charge in [0.2, 0.25) is 0 Å². The van der Waals surface area contributed by atoms with E-state index in [1.807, 2.05) is 18.7 Å². The van der Waals surface area contributed by atoms with Gasteiger partial charge in [0.05, 0.1) is 17.4 Å². The van der Waals surface area contributed by atoms with Crippen LogP contribution in [0.15, 0.2) is 30.3 Å². The number of benzene rings is 1. The van der Waals surface area contributed by atoms with Crippen LogP contribution in [0.2, 0.25) is 0 Å². The van der Waals surface area contributed by atoms with E-state index in [2.05, 4.69) is 54.6 Å². The van der Waals surface area contributed by atoms with Crippen LogP contribution in [0.1, 0.15) is 35.5 Å². The minimum atomic E-state index is 0.317. The Bertz CT molecular complexity index is 543. The van der Waals surface area contributed by atoms with Gasteiger partial charge in [0.1, 0.15) is 0 Å². The molecule has 1 unspecified atom stereocenters. The average Bonchev–Trinajstić information content (AvgIpc) is 2.70. The van der Waals surface area contributed by atoms with E-state index >= 15 is 0 Å². The number of nitrogens with one attached hydrogen (secondary N) is 1. The second-order valence-corrected chi connectivity index (χ2v) is 5.08. The van der Waals surface area contributed by atoms with Crippen molar-refractivity contribution in [3.05, 3.63) is 52.8 Å². The van der Waals surface area contributed by atoms with Gasteiger partial charge in [-0.3, -0.25) is 4.68 Å². The van der Waals surface area contributed by atoms with Crippen molar-refractivity contribution >= 4 is 0 Å². The van der Waals surface area contributed by atoms with E-state index in [0.717, 1.165) is 18.7 Å². The molecule has 2 rings (SSSR count). The smallest absolute Gasteiger partial charge is 0.0597 e. The summed E-state index contributed by atoms with van der Waals surface area (Å²) in [6.07, 6.45) is 0.999. The first-order chi connectivity index (χ1) is 9.11. The highest BCUT2D eigenvalue weighted by Gasteiger charge is 2.16. The fourth-order valence-electron chi connectivity index (χ4n) is 2.54. The zero-order valence-corrected chi connectivity index (χ0v) is 12.3. The molecule has 0 saturated heterocycles. The highest BCUT2D eigenvalue weighted by atomic mass is 15.3. The molecule has 102 valence electrons. The van der Waals surface area contributed by atoms with Crippen molar-refractivity contribution < 1.29 is 0 Å². The van der Waals surface area contributed by atoms with Gasteiger partial charge in [-0.05, 0) is 44.0 Å². The Balaban J connectivity index is 2.26. The molecule has 1 heterocycles. The van der Waals surface area contributed by atoms with Gasteiger partial charge in [0, 0.05) is 7.05 Å². The lowest BCUT2D eigenvalue weighted by molar-refractivity contribution is 0.507. The first kappa shape index (κ1) is 13.8. The molecule has 0 amide bonds. The first-order valence-corrected chi connectivity index (χ1v) is 6.90. The van der Waals surface area contributed by atoms with E-state index in [0.29, 0.717) is 6.04 Å². The number of nitrogens with zero attached hydrogens (tertiary/aromatic N) is 2. The summed E-state index contributed by atoms with van der Waals surface area (Å²) < 4.78 is 1.99. The summed E-state index contributed by atoms with van der Waals surface area (Å²) in [4.78, 5) is 0. The number of aromatic nitrogens is 2. The lowest BCUT2D eigenvalue weighted by atomic mass is 9.99. The maximum absolute atomic E-state index is 4.45. The van der Waals surface area contributed by atoms with Crippen molar-refractivity contribution in [3.8, 4) is 0 Å². The van der Waals surface area contributed by atoms with Crippen LogP contribution in [0.5, 0.6) is 0 Å². The molecule has 19 heavy (non-hydrogen) atoms. The first-order valence-electron chi connectivity index (χ1n) is 6.90. The SMILES string of the molecule is CCNC(Cc1ccccc1C)c1cc(C)nn1C. The fraction of sp³-hybridized carbons (Fsp3) is 0.438. The Morgan fingerprint density at radius 3 is 2.58 bits per heavy atom. The highest BCUT2D eigenvalue weighted by Crippen LogP contribution is 2.20. The summed E-state index contributed by atoms with van der Waals surface area (Å²) in [5.74, 6) is 0. The van der Waals surface area contributed by atoms with Gasteiger partial charge >= 0.3 is 0 Å². The Morgan fingerprint density at radius 1 is 1.26 bits per heavy atom. The van der Waals surface area contributed by atoms with E-state index in [-0.39, 0.29) is 0 Å². The molecule has 0 aliphatic carbocycles. The zero-order chi connectivity index (χ0) is 13.8. The van der Waals surface area contributed by atoms with E-state index in [1.165, 1.54) is 16.8 Å². The third kappa shape index (κ3) is 3.24. The summed E-state index contributed by atoms with van der Waals surface area (Å²) in [5.41, 5.74) is 5.07. The Hall–Kier alpha value is -1.61. The normalized spacial score (nSPS) is 12.6. The van der Waals surface area contributed by atoms with Crippen LogP contribution in [0.3, 0.4) is 0 Å². The summed E-state index contributed by atoms with van der Waals surface area (Å²) >= 11 is 0. The monoisotopic (exact) mass is 257 g/mol. The van der Waals surface area contributed by atoms with Crippen molar-refractivity contribution in [2.24, 2.45) is 7.05 Å². The van der Waals surface area contributed by atoms with E-state index < -0.39 is 0 Å². The van der Waals surface area contributed by atoms with Crippen molar-refractivity contribution in [1.82, 2.24) is 15.1 Å². The molecule has 0 saturated carbocycles. The molecule has 0 bridgehead atoms. The molecular formula is C16H23N3. The van der Waals surface area contributed by atoms with Crippen molar-refractivity contribution in [1.29, 1.82) is 0 Å². The fourth-order valence-corrected chi connectivity index (χ4v) is 2.54. The van der Waals surface area contributed by atoms with Crippen LogP contribution in [0.25, 0.3) is 0 Å². The van der Waals surface area contributed by atoms with Crippen molar-refractivity contribution in [3.63, 3.8) is 0 Å². The maximum Gasteiger partial charge on any atom is 0.0597 e. The summed E-state index contributed by atoms with van der Waals surface area (Å²) in [7, 11) is 2.02. The Labute approximate surface area is 115 Å². The standard InChI is InChI=1S/C16H23N3/c1-5-17-15(16-10-13(3)18-19(16)4)11-14-9-7-6-8-12(14)2/h6-10,15,17H,5,11H2,1-4H3. The van der Waals surface area contributed by atoms with Gasteiger partial charge in [0.15, 0.2) is 0 Å². The van der Waals surface area contributed by atoms with Gasteiger partial charge in [-0.15, -0.1) is 0 Å². The number of likely N-dealkylation sites (N-methyl/N-ethyl adjacent to an activating group) is 1. The Morgan fingerprint density at radius 2 is 2.00 bits per heavy atom. The highest BCUT2D eigenvalue weighted by molar-refractivity contribution is 5.28. The molecular weight excluding hydrogens is 234 g/mol. The number of rotatable bonds is 5. The maximum atomic E-state index is 4.45. The topological polar surface area (TPSA) is 29.9 Å². The van der Waals surface area contributed by atoms with Gasteiger partial charge in [0.25, 0.3) is 0 Å². The van der Waals surface area contributed by atoms with Crippen LogP contribution >= 0.6 is 0 Å². The molecule has 0 fully saturated rings. The number of aryl methyl sites for hydroxylation is 3. The summed E-state index contributed by atoms with van der Waals surface area (Å²) in [5, 5.41) is 8.02. The van der Waals surface area contributed by atoms with Crippen LogP contribution < -0.4 is 5.32 Å². The van der Waals surface area contributed by atoms with Crippen molar-refractivity contribution in [2.45, 2.75) is 33.2 Å². The molecule has 0 aliphatic rings. The van der Waals surface area contributed by atoms with E-state index in [1.54, 1.807) is 0 Å². The minimum absolute atomic E-state index is 0.317. The van der Waals surface area contributed by atoms with Crippen LogP contribution in [-0.4, -0.2) is 16.3 Å². The predicted molar refractivity (Wildman–Crippen MR) is 79.2 cm³/mol. The van der Waals surface area contributed by atoms with Gasteiger partial charge in [-0.2, -0.15) is 5.10 Å². The average molecular weight is 257 g/mol.